The average molecular weight is 415 g/mol. The fourth-order valence-electron chi connectivity index (χ4n) is 3.85. The first-order valence-corrected chi connectivity index (χ1v) is 10.2. The molecule has 1 heterocycles. The van der Waals surface area contributed by atoms with Crippen molar-refractivity contribution in [3.63, 3.8) is 0 Å². The van der Waals surface area contributed by atoms with Crippen LogP contribution in [0.3, 0.4) is 0 Å². The Balaban J connectivity index is 1.78. The molecule has 2 aliphatic rings. The van der Waals surface area contributed by atoms with E-state index in [2.05, 4.69) is 35.8 Å². The molecule has 2 aromatic carbocycles. The summed E-state index contributed by atoms with van der Waals surface area (Å²) in [5, 5.41) is 9.00. The van der Waals surface area contributed by atoms with Crippen LogP contribution in [-0.2, 0) is 0 Å². The van der Waals surface area contributed by atoms with E-state index >= 15 is 0 Å². The molecule has 0 spiro atoms. The minimum atomic E-state index is 0.0717. The van der Waals surface area contributed by atoms with Gasteiger partial charge in [-0.3, -0.25) is 0 Å². The van der Waals surface area contributed by atoms with E-state index in [9.17, 15) is 0 Å². The molecular weight excluding hydrogens is 395 g/mol. The maximum atomic E-state index is 6.08. The molecule has 0 amide bonds. The molecule has 0 saturated heterocycles. The van der Waals surface area contributed by atoms with Gasteiger partial charge in [-0.25, -0.2) is 0 Å². The molecule has 0 bridgehead atoms. The molecule has 2 nitrogen and oxygen atoms in total. The highest BCUT2D eigenvalue weighted by atomic mass is 35.5. The SMILES string of the molecule is C[C@@H]1CC2=C(NC(=S)N[C@H]2c2ccc(Cl)cc2)/C(=C/c2ccc(Cl)cc2)C1. The van der Waals surface area contributed by atoms with E-state index in [0.717, 1.165) is 34.1 Å². The molecule has 4 rings (SSSR count). The lowest BCUT2D eigenvalue weighted by Gasteiger charge is -2.38. The first kappa shape index (κ1) is 18.5. The second-order valence-electron chi connectivity index (χ2n) is 7.22. The Labute approximate surface area is 175 Å². The van der Waals surface area contributed by atoms with E-state index < -0.39 is 0 Å². The van der Waals surface area contributed by atoms with E-state index in [-0.39, 0.29) is 6.04 Å². The van der Waals surface area contributed by atoms with Crippen LogP contribution >= 0.6 is 35.4 Å². The molecule has 0 fully saturated rings. The van der Waals surface area contributed by atoms with Crippen LogP contribution < -0.4 is 10.6 Å². The fourth-order valence-corrected chi connectivity index (χ4v) is 4.33. The van der Waals surface area contributed by atoms with E-state index in [1.54, 1.807) is 0 Å². The van der Waals surface area contributed by atoms with Gasteiger partial charge in [0.05, 0.1) is 6.04 Å². The largest absolute Gasteiger partial charge is 0.352 e. The molecule has 5 heteroatoms. The molecule has 1 aliphatic heterocycles. The maximum absolute atomic E-state index is 6.08. The lowest BCUT2D eigenvalue weighted by molar-refractivity contribution is 0.500. The highest BCUT2D eigenvalue weighted by Crippen LogP contribution is 2.41. The van der Waals surface area contributed by atoms with Gasteiger partial charge in [-0.1, -0.05) is 54.4 Å². The third-order valence-corrected chi connectivity index (χ3v) is 5.78. The van der Waals surface area contributed by atoms with E-state index in [4.69, 9.17) is 35.4 Å². The first-order valence-electron chi connectivity index (χ1n) is 9.02. The van der Waals surface area contributed by atoms with Crippen LogP contribution in [-0.4, -0.2) is 5.11 Å². The molecule has 0 radical (unpaired) electrons. The molecule has 2 N–H and O–H groups in total. The van der Waals surface area contributed by atoms with Gasteiger partial charge in [0.15, 0.2) is 5.11 Å². The van der Waals surface area contributed by atoms with Crippen molar-refractivity contribution in [3.8, 4) is 0 Å². The van der Waals surface area contributed by atoms with Crippen molar-refractivity contribution in [3.05, 3.63) is 86.5 Å². The molecule has 1 aliphatic carbocycles. The van der Waals surface area contributed by atoms with Crippen molar-refractivity contribution >= 4 is 46.6 Å². The van der Waals surface area contributed by atoms with Gasteiger partial charge in [0, 0.05) is 15.7 Å². The molecular formula is C22H20Cl2N2S. The van der Waals surface area contributed by atoms with E-state index in [0.29, 0.717) is 11.0 Å². The van der Waals surface area contributed by atoms with Crippen molar-refractivity contribution < 1.29 is 0 Å². The third-order valence-electron chi connectivity index (χ3n) is 5.06. The zero-order chi connectivity index (χ0) is 19.0. The molecule has 0 unspecified atom stereocenters. The van der Waals surface area contributed by atoms with Crippen LogP contribution in [0.25, 0.3) is 6.08 Å². The fraction of sp³-hybridized carbons (Fsp3) is 0.227. The Bertz CT molecular complexity index is 930. The smallest absolute Gasteiger partial charge is 0.171 e. The summed E-state index contributed by atoms with van der Waals surface area (Å²) in [6, 6.07) is 16.0. The third kappa shape index (κ3) is 4.06. The maximum Gasteiger partial charge on any atom is 0.171 e. The summed E-state index contributed by atoms with van der Waals surface area (Å²) in [5.41, 5.74) is 6.12. The van der Waals surface area contributed by atoms with Crippen LogP contribution in [0.1, 0.15) is 36.9 Å². The predicted molar refractivity (Wildman–Crippen MR) is 118 cm³/mol. The summed E-state index contributed by atoms with van der Waals surface area (Å²) >= 11 is 17.6. The van der Waals surface area contributed by atoms with Crippen molar-refractivity contribution in [1.29, 1.82) is 0 Å². The molecule has 0 aromatic heterocycles. The highest BCUT2D eigenvalue weighted by Gasteiger charge is 2.32. The van der Waals surface area contributed by atoms with Gasteiger partial charge in [-0.05, 0) is 83.6 Å². The van der Waals surface area contributed by atoms with Gasteiger partial charge >= 0.3 is 0 Å². The minimum absolute atomic E-state index is 0.0717. The van der Waals surface area contributed by atoms with Crippen LogP contribution in [0, 0.1) is 5.92 Å². The number of allylic oxidation sites excluding steroid dienone is 1. The summed E-state index contributed by atoms with van der Waals surface area (Å²) in [5.74, 6) is 0.562. The normalized spacial score (nSPS) is 23.7. The Kier molecular flexibility index (Phi) is 5.27. The van der Waals surface area contributed by atoms with Gasteiger partial charge in [-0.15, -0.1) is 0 Å². The highest BCUT2D eigenvalue weighted by molar-refractivity contribution is 7.80. The van der Waals surface area contributed by atoms with Crippen molar-refractivity contribution in [2.75, 3.05) is 0 Å². The lowest BCUT2D eigenvalue weighted by atomic mass is 9.78. The molecule has 0 saturated carbocycles. The first-order chi connectivity index (χ1) is 13.0. The molecule has 2 atom stereocenters. The van der Waals surface area contributed by atoms with E-state index in [1.165, 1.54) is 16.7 Å². The minimum Gasteiger partial charge on any atom is -0.352 e. The number of thiocarbonyl (C=S) groups is 1. The summed E-state index contributed by atoms with van der Waals surface area (Å²) in [7, 11) is 0. The molecule has 138 valence electrons. The summed E-state index contributed by atoms with van der Waals surface area (Å²) in [4.78, 5) is 0. The standard InChI is InChI=1S/C22H20Cl2N2S/c1-13-10-16(12-14-2-6-17(23)7-3-14)21-19(11-13)20(25-22(27)26-21)15-4-8-18(24)9-5-15/h2-9,12-13,20H,10-11H2,1H3,(H2,25,26,27)/b16-12+/t13-,20-/m0/s1. The van der Waals surface area contributed by atoms with Gasteiger partial charge in [0.25, 0.3) is 0 Å². The van der Waals surface area contributed by atoms with Gasteiger partial charge in [0.2, 0.25) is 0 Å². The Morgan fingerprint density at radius 2 is 1.59 bits per heavy atom. The van der Waals surface area contributed by atoms with Crippen LogP contribution in [0.15, 0.2) is 65.4 Å². The Morgan fingerprint density at radius 3 is 2.26 bits per heavy atom. The Hall–Kier alpha value is -1.81. The Morgan fingerprint density at radius 1 is 0.963 bits per heavy atom. The summed E-state index contributed by atoms with van der Waals surface area (Å²) < 4.78 is 0. The summed E-state index contributed by atoms with van der Waals surface area (Å²) in [6.07, 6.45) is 4.29. The number of benzene rings is 2. The second kappa shape index (κ2) is 7.67. The van der Waals surface area contributed by atoms with Gasteiger partial charge in [-0.2, -0.15) is 0 Å². The monoisotopic (exact) mass is 414 g/mol. The zero-order valence-electron chi connectivity index (χ0n) is 14.9. The number of hydrogen-bond acceptors (Lipinski definition) is 1. The van der Waals surface area contributed by atoms with Crippen molar-refractivity contribution in [1.82, 2.24) is 10.6 Å². The lowest BCUT2D eigenvalue weighted by Crippen LogP contribution is -2.45. The second-order valence-corrected chi connectivity index (χ2v) is 8.50. The predicted octanol–water partition coefficient (Wildman–Crippen LogP) is 6.28. The molecule has 27 heavy (non-hydrogen) atoms. The quantitative estimate of drug-likeness (QED) is 0.565. The van der Waals surface area contributed by atoms with Crippen LogP contribution in [0.5, 0.6) is 0 Å². The number of nitrogens with one attached hydrogen (secondary N) is 2. The molecule has 2 aromatic rings. The van der Waals surface area contributed by atoms with Crippen LogP contribution in [0.2, 0.25) is 10.0 Å². The number of halogens is 2. The van der Waals surface area contributed by atoms with E-state index in [1.807, 2.05) is 36.4 Å². The van der Waals surface area contributed by atoms with Crippen molar-refractivity contribution in [2.45, 2.75) is 25.8 Å². The topological polar surface area (TPSA) is 24.1 Å². The van der Waals surface area contributed by atoms with Gasteiger partial charge in [0.1, 0.15) is 0 Å². The average Bonchev–Trinajstić information content (AvgIpc) is 2.64. The number of rotatable bonds is 2. The van der Waals surface area contributed by atoms with Gasteiger partial charge < -0.3 is 10.6 Å². The zero-order valence-corrected chi connectivity index (χ0v) is 17.3. The van der Waals surface area contributed by atoms with Crippen LogP contribution in [0.4, 0.5) is 0 Å². The van der Waals surface area contributed by atoms with Crippen molar-refractivity contribution in [2.24, 2.45) is 5.92 Å². The number of hydrogen-bond donors (Lipinski definition) is 2. The summed E-state index contributed by atoms with van der Waals surface area (Å²) in [6.45, 7) is 2.30.